The van der Waals surface area contributed by atoms with Gasteiger partial charge in [0.05, 0.1) is 12.6 Å². The minimum atomic E-state index is 0.186. The molecule has 1 heterocycles. The van der Waals surface area contributed by atoms with Crippen LogP contribution in [0, 0.1) is 3.57 Å². The van der Waals surface area contributed by atoms with Crippen molar-refractivity contribution in [2.45, 2.75) is 19.6 Å². The fourth-order valence-electron chi connectivity index (χ4n) is 1.70. The van der Waals surface area contributed by atoms with Gasteiger partial charge in [-0.15, -0.1) is 0 Å². The van der Waals surface area contributed by atoms with Gasteiger partial charge in [-0.3, -0.25) is 0 Å². The van der Waals surface area contributed by atoms with Gasteiger partial charge in [-0.05, 0) is 41.6 Å². The van der Waals surface area contributed by atoms with E-state index in [1.54, 1.807) is 7.11 Å². The number of methoxy groups -OCH3 is 1. The van der Waals surface area contributed by atoms with Crippen LogP contribution in [-0.2, 0) is 11.3 Å². The van der Waals surface area contributed by atoms with E-state index < -0.39 is 0 Å². The lowest BCUT2D eigenvalue weighted by Gasteiger charge is -2.13. The van der Waals surface area contributed by atoms with Crippen LogP contribution >= 0.6 is 22.6 Å². The van der Waals surface area contributed by atoms with E-state index in [9.17, 15) is 0 Å². The van der Waals surface area contributed by atoms with Gasteiger partial charge in [0.25, 0.3) is 0 Å². The highest BCUT2D eigenvalue weighted by Gasteiger charge is 2.08. The van der Waals surface area contributed by atoms with E-state index in [-0.39, 0.29) is 6.10 Å². The molecular weight excluding hydrogens is 327 g/mol. The van der Waals surface area contributed by atoms with Crippen molar-refractivity contribution in [2.75, 3.05) is 7.11 Å². The Morgan fingerprint density at radius 3 is 3.00 bits per heavy atom. The second-order valence-corrected chi connectivity index (χ2v) is 5.21. The number of aromatic nitrogens is 2. The molecule has 0 N–H and O–H groups in total. The summed E-state index contributed by atoms with van der Waals surface area (Å²) < 4.78 is 8.63. The van der Waals surface area contributed by atoms with Gasteiger partial charge in [0.15, 0.2) is 0 Å². The molecule has 17 heavy (non-hydrogen) atoms. The van der Waals surface area contributed by atoms with Crippen LogP contribution < -0.4 is 0 Å². The molecule has 4 heteroatoms. The topological polar surface area (TPSA) is 27.1 Å². The Kier molecular flexibility index (Phi) is 4.17. The van der Waals surface area contributed by atoms with Crippen LogP contribution in [0.2, 0.25) is 0 Å². The predicted octanol–water partition coefficient (Wildman–Crippen LogP) is 3.19. The number of hydrogen-bond acceptors (Lipinski definition) is 2. The van der Waals surface area contributed by atoms with Gasteiger partial charge in [0.2, 0.25) is 0 Å². The summed E-state index contributed by atoms with van der Waals surface area (Å²) in [5, 5.41) is 0. The molecule has 0 fully saturated rings. The van der Waals surface area contributed by atoms with Gasteiger partial charge < -0.3 is 9.30 Å². The zero-order chi connectivity index (χ0) is 12.3. The van der Waals surface area contributed by atoms with E-state index in [4.69, 9.17) is 4.74 Å². The maximum absolute atomic E-state index is 5.29. The van der Waals surface area contributed by atoms with Gasteiger partial charge in [-0.1, -0.05) is 12.1 Å². The molecule has 1 unspecified atom stereocenters. The second-order valence-electron chi connectivity index (χ2n) is 3.96. The van der Waals surface area contributed by atoms with E-state index in [2.05, 4.69) is 63.3 Å². The smallest absolute Gasteiger partial charge is 0.140 e. The van der Waals surface area contributed by atoms with Crippen LogP contribution in [0.25, 0.3) is 11.4 Å². The molecule has 0 saturated heterocycles. The summed E-state index contributed by atoms with van der Waals surface area (Å²) in [6.45, 7) is 2.87. The van der Waals surface area contributed by atoms with Crippen molar-refractivity contribution in [2.24, 2.45) is 0 Å². The molecule has 1 atom stereocenters. The highest BCUT2D eigenvalue weighted by molar-refractivity contribution is 14.1. The zero-order valence-electron chi connectivity index (χ0n) is 9.93. The average molecular weight is 342 g/mol. The summed E-state index contributed by atoms with van der Waals surface area (Å²) in [7, 11) is 1.73. The number of nitrogens with zero attached hydrogens (tertiary/aromatic N) is 2. The van der Waals surface area contributed by atoms with E-state index >= 15 is 0 Å². The normalized spacial score (nSPS) is 12.6. The summed E-state index contributed by atoms with van der Waals surface area (Å²) in [4.78, 5) is 4.42. The molecule has 2 aromatic rings. The first-order chi connectivity index (χ1) is 8.20. The minimum absolute atomic E-state index is 0.186. The van der Waals surface area contributed by atoms with Crippen molar-refractivity contribution in [3.63, 3.8) is 0 Å². The zero-order valence-corrected chi connectivity index (χ0v) is 12.1. The Bertz CT molecular complexity index is 496. The molecule has 0 amide bonds. The first-order valence-electron chi connectivity index (χ1n) is 5.50. The summed E-state index contributed by atoms with van der Waals surface area (Å²) >= 11 is 2.31. The van der Waals surface area contributed by atoms with Gasteiger partial charge >= 0.3 is 0 Å². The standard InChI is InChI=1S/C13H15IN2O/c1-10(17-2)9-16-7-6-15-13(16)11-4-3-5-12(14)8-11/h3-8,10H,9H2,1-2H3. The monoisotopic (exact) mass is 342 g/mol. The molecule has 0 aliphatic rings. The van der Waals surface area contributed by atoms with Crippen molar-refractivity contribution in [3.8, 4) is 11.4 Å². The van der Waals surface area contributed by atoms with Gasteiger partial charge in [-0.2, -0.15) is 0 Å². The molecular formula is C13H15IN2O. The Morgan fingerprint density at radius 2 is 2.29 bits per heavy atom. The third-order valence-corrected chi connectivity index (χ3v) is 3.33. The first kappa shape index (κ1) is 12.6. The van der Waals surface area contributed by atoms with Crippen molar-refractivity contribution in [1.29, 1.82) is 0 Å². The highest BCUT2D eigenvalue weighted by Crippen LogP contribution is 2.20. The maximum atomic E-state index is 5.29. The van der Waals surface area contributed by atoms with Crippen molar-refractivity contribution in [3.05, 3.63) is 40.2 Å². The molecule has 1 aromatic heterocycles. The first-order valence-corrected chi connectivity index (χ1v) is 6.58. The number of ether oxygens (including phenoxy) is 1. The number of rotatable bonds is 4. The fraction of sp³-hybridized carbons (Fsp3) is 0.308. The quantitative estimate of drug-likeness (QED) is 0.798. The minimum Gasteiger partial charge on any atom is -0.380 e. The van der Waals surface area contributed by atoms with Crippen LogP contribution in [0.3, 0.4) is 0 Å². The number of imidazole rings is 1. The summed E-state index contributed by atoms with van der Waals surface area (Å²) in [5.41, 5.74) is 1.14. The number of benzene rings is 1. The maximum Gasteiger partial charge on any atom is 0.140 e. The Hall–Kier alpha value is -0.880. The molecule has 0 bridgehead atoms. The van der Waals surface area contributed by atoms with Crippen molar-refractivity contribution in [1.82, 2.24) is 9.55 Å². The summed E-state index contributed by atoms with van der Waals surface area (Å²) in [5.74, 6) is 0.993. The Labute approximate surface area is 115 Å². The molecule has 0 aliphatic carbocycles. The van der Waals surface area contributed by atoms with Gasteiger partial charge in [-0.25, -0.2) is 4.98 Å². The molecule has 0 aliphatic heterocycles. The lowest BCUT2D eigenvalue weighted by molar-refractivity contribution is 0.103. The lowest BCUT2D eigenvalue weighted by Crippen LogP contribution is -2.14. The average Bonchev–Trinajstić information content (AvgIpc) is 2.77. The number of hydrogen-bond donors (Lipinski definition) is 0. The fourth-order valence-corrected chi connectivity index (χ4v) is 2.24. The molecule has 3 nitrogen and oxygen atoms in total. The van der Waals surface area contributed by atoms with Crippen LogP contribution in [0.1, 0.15) is 6.92 Å². The molecule has 90 valence electrons. The molecule has 0 saturated carbocycles. The van der Waals surface area contributed by atoms with E-state index in [0.29, 0.717) is 0 Å². The predicted molar refractivity (Wildman–Crippen MR) is 76.9 cm³/mol. The van der Waals surface area contributed by atoms with E-state index in [1.165, 1.54) is 3.57 Å². The molecule has 2 rings (SSSR count). The van der Waals surface area contributed by atoms with Crippen molar-refractivity contribution < 1.29 is 4.74 Å². The highest BCUT2D eigenvalue weighted by atomic mass is 127. The Morgan fingerprint density at radius 1 is 1.47 bits per heavy atom. The molecule has 1 aromatic carbocycles. The van der Waals surface area contributed by atoms with E-state index in [1.807, 2.05) is 12.4 Å². The molecule has 0 radical (unpaired) electrons. The number of halogens is 1. The van der Waals surface area contributed by atoms with Gasteiger partial charge in [0.1, 0.15) is 5.82 Å². The second kappa shape index (κ2) is 5.64. The van der Waals surface area contributed by atoms with Crippen LogP contribution in [0.5, 0.6) is 0 Å². The summed E-state index contributed by atoms with van der Waals surface area (Å²) in [6.07, 6.45) is 4.01. The van der Waals surface area contributed by atoms with Gasteiger partial charge in [0, 0.05) is 28.6 Å². The summed E-state index contributed by atoms with van der Waals surface area (Å²) in [6, 6.07) is 8.35. The van der Waals surface area contributed by atoms with Crippen LogP contribution in [-0.4, -0.2) is 22.8 Å². The van der Waals surface area contributed by atoms with E-state index in [0.717, 1.165) is 17.9 Å². The lowest BCUT2D eigenvalue weighted by atomic mass is 10.2. The SMILES string of the molecule is COC(C)Cn1ccnc1-c1cccc(I)c1. The molecule has 0 spiro atoms. The third-order valence-electron chi connectivity index (χ3n) is 2.65. The third kappa shape index (κ3) is 3.07. The van der Waals surface area contributed by atoms with Crippen LogP contribution in [0.15, 0.2) is 36.7 Å². The van der Waals surface area contributed by atoms with Crippen molar-refractivity contribution >= 4 is 22.6 Å². The largest absolute Gasteiger partial charge is 0.380 e. The van der Waals surface area contributed by atoms with Crippen LogP contribution in [0.4, 0.5) is 0 Å². The Balaban J connectivity index is 2.30.